The molecule has 0 aliphatic carbocycles. The third-order valence-corrected chi connectivity index (χ3v) is 4.35. The van der Waals surface area contributed by atoms with E-state index in [0.717, 1.165) is 55.8 Å². The number of aromatic nitrogens is 4. The average Bonchev–Trinajstić information content (AvgIpc) is 2.78. The summed E-state index contributed by atoms with van der Waals surface area (Å²) in [5.74, 6) is 1.38. The number of benzene rings is 1. The summed E-state index contributed by atoms with van der Waals surface area (Å²) >= 11 is 0. The summed E-state index contributed by atoms with van der Waals surface area (Å²) in [7, 11) is 0. The summed E-state index contributed by atoms with van der Waals surface area (Å²) in [6.07, 6.45) is 1.21. The fourth-order valence-electron chi connectivity index (χ4n) is 3.14. The molecular formula is C17H16F3N5. The molecule has 8 heteroatoms. The van der Waals surface area contributed by atoms with Gasteiger partial charge in [0.15, 0.2) is 17.0 Å². The van der Waals surface area contributed by atoms with E-state index >= 15 is 0 Å². The minimum absolute atomic E-state index is 0.318. The number of nitrogens with one attached hydrogen (secondary N) is 1. The van der Waals surface area contributed by atoms with E-state index in [4.69, 9.17) is 0 Å². The van der Waals surface area contributed by atoms with Crippen LogP contribution in [-0.2, 0) is 19.1 Å². The van der Waals surface area contributed by atoms with Crippen molar-refractivity contribution in [1.29, 1.82) is 0 Å². The van der Waals surface area contributed by atoms with Crippen molar-refractivity contribution >= 4 is 22.7 Å². The normalized spacial score (nSPS) is 15.0. The van der Waals surface area contributed by atoms with Gasteiger partial charge in [-0.05, 0) is 31.0 Å². The topological polar surface area (TPSA) is 55.6 Å². The van der Waals surface area contributed by atoms with Gasteiger partial charge in [0.05, 0.1) is 5.56 Å². The van der Waals surface area contributed by atoms with Gasteiger partial charge in [0, 0.05) is 18.7 Å². The molecule has 5 nitrogen and oxygen atoms in total. The second kappa shape index (κ2) is 6.02. The number of alkyl halides is 3. The molecule has 0 atom stereocenters. The van der Waals surface area contributed by atoms with Gasteiger partial charge in [0.25, 0.3) is 0 Å². The maximum Gasteiger partial charge on any atom is 0.416 e. The molecule has 0 saturated heterocycles. The Hall–Kier alpha value is -2.64. The van der Waals surface area contributed by atoms with Gasteiger partial charge in [0.1, 0.15) is 12.2 Å². The van der Waals surface area contributed by atoms with Crippen LogP contribution in [-0.4, -0.2) is 19.5 Å². The zero-order valence-corrected chi connectivity index (χ0v) is 13.3. The van der Waals surface area contributed by atoms with Gasteiger partial charge in [-0.2, -0.15) is 13.2 Å². The minimum Gasteiger partial charge on any atom is -0.338 e. The molecule has 1 aliphatic rings. The first-order valence-electron chi connectivity index (χ1n) is 8.17. The highest BCUT2D eigenvalue weighted by Crippen LogP contribution is 2.32. The molecular weight excluding hydrogens is 331 g/mol. The van der Waals surface area contributed by atoms with Crippen LogP contribution in [0.2, 0.25) is 0 Å². The number of nitrogens with zero attached hydrogens (tertiary/aromatic N) is 4. The largest absolute Gasteiger partial charge is 0.416 e. The number of halogens is 3. The zero-order chi connectivity index (χ0) is 17.4. The summed E-state index contributed by atoms with van der Waals surface area (Å²) in [6.45, 7) is 0.853. The smallest absolute Gasteiger partial charge is 0.338 e. The van der Waals surface area contributed by atoms with Crippen molar-refractivity contribution in [2.45, 2.75) is 38.4 Å². The van der Waals surface area contributed by atoms with Gasteiger partial charge in [-0.1, -0.05) is 12.5 Å². The molecule has 0 unspecified atom stereocenters. The van der Waals surface area contributed by atoms with E-state index in [1.165, 1.54) is 12.4 Å². The van der Waals surface area contributed by atoms with Crippen molar-refractivity contribution in [3.8, 4) is 0 Å². The van der Waals surface area contributed by atoms with E-state index < -0.39 is 11.7 Å². The average molecular weight is 347 g/mol. The molecule has 0 fully saturated rings. The van der Waals surface area contributed by atoms with E-state index in [-0.39, 0.29) is 0 Å². The lowest BCUT2D eigenvalue weighted by Gasteiger charge is -2.10. The van der Waals surface area contributed by atoms with Gasteiger partial charge in [-0.25, -0.2) is 15.0 Å². The monoisotopic (exact) mass is 347 g/mol. The Balaban J connectivity index is 1.73. The molecule has 130 valence electrons. The molecule has 1 aromatic carbocycles. The van der Waals surface area contributed by atoms with Crippen LogP contribution in [0.15, 0.2) is 30.6 Å². The Morgan fingerprint density at radius 1 is 1.08 bits per heavy atom. The van der Waals surface area contributed by atoms with Crippen molar-refractivity contribution in [1.82, 2.24) is 19.5 Å². The predicted molar refractivity (Wildman–Crippen MR) is 87.6 cm³/mol. The summed E-state index contributed by atoms with van der Waals surface area (Å²) in [5.41, 5.74) is 0.930. The van der Waals surface area contributed by atoms with Crippen molar-refractivity contribution in [3.63, 3.8) is 0 Å². The number of hydrogen-bond acceptors (Lipinski definition) is 4. The van der Waals surface area contributed by atoms with E-state index in [1.807, 2.05) is 0 Å². The van der Waals surface area contributed by atoms with Crippen molar-refractivity contribution in [3.05, 3.63) is 42.0 Å². The van der Waals surface area contributed by atoms with Crippen LogP contribution in [0.3, 0.4) is 0 Å². The van der Waals surface area contributed by atoms with Crippen molar-refractivity contribution in [2.75, 3.05) is 5.32 Å². The van der Waals surface area contributed by atoms with Crippen molar-refractivity contribution in [2.24, 2.45) is 0 Å². The summed E-state index contributed by atoms with van der Waals surface area (Å²) < 4.78 is 40.7. The van der Waals surface area contributed by atoms with Gasteiger partial charge in [-0.3, -0.25) is 0 Å². The summed E-state index contributed by atoms with van der Waals surface area (Å²) in [6, 6.07) is 5.05. The quantitative estimate of drug-likeness (QED) is 0.750. The summed E-state index contributed by atoms with van der Waals surface area (Å²) in [4.78, 5) is 13.1. The number of fused-ring (bicyclic) bond motifs is 3. The first kappa shape index (κ1) is 15.9. The zero-order valence-electron chi connectivity index (χ0n) is 13.3. The Morgan fingerprint density at radius 3 is 2.80 bits per heavy atom. The van der Waals surface area contributed by atoms with E-state index in [2.05, 4.69) is 24.8 Å². The maximum atomic E-state index is 12.9. The maximum absolute atomic E-state index is 12.9. The number of anilines is 2. The van der Waals surface area contributed by atoms with Crippen LogP contribution in [0, 0.1) is 0 Å². The molecule has 0 bridgehead atoms. The lowest BCUT2D eigenvalue weighted by atomic mass is 10.2. The van der Waals surface area contributed by atoms with E-state index in [9.17, 15) is 13.2 Å². The highest BCUT2D eigenvalue weighted by atomic mass is 19.4. The van der Waals surface area contributed by atoms with Gasteiger partial charge in [0.2, 0.25) is 0 Å². The molecule has 1 N–H and O–H groups in total. The SMILES string of the molecule is FC(F)(F)c1cccc(Nc2ncnc3c2nc2n3CCCCC2)c1. The third kappa shape index (κ3) is 3.04. The lowest BCUT2D eigenvalue weighted by molar-refractivity contribution is -0.137. The number of aryl methyl sites for hydroxylation is 2. The van der Waals surface area contributed by atoms with Crippen LogP contribution in [0.1, 0.15) is 30.7 Å². The molecule has 2 aromatic heterocycles. The third-order valence-electron chi connectivity index (χ3n) is 4.35. The molecule has 1 aliphatic heterocycles. The molecule has 0 spiro atoms. The Bertz CT molecular complexity index is 916. The highest BCUT2D eigenvalue weighted by Gasteiger charge is 2.30. The van der Waals surface area contributed by atoms with Crippen LogP contribution in [0.25, 0.3) is 11.2 Å². The summed E-state index contributed by atoms with van der Waals surface area (Å²) in [5, 5.41) is 2.96. The number of hydrogen-bond donors (Lipinski definition) is 1. The molecule has 25 heavy (non-hydrogen) atoms. The van der Waals surface area contributed by atoms with Crippen LogP contribution in [0.4, 0.5) is 24.7 Å². The molecule has 4 rings (SSSR count). The fourth-order valence-corrected chi connectivity index (χ4v) is 3.14. The second-order valence-corrected chi connectivity index (χ2v) is 6.09. The number of rotatable bonds is 2. The van der Waals surface area contributed by atoms with Crippen LogP contribution >= 0.6 is 0 Å². The Labute approximate surface area is 141 Å². The van der Waals surface area contributed by atoms with Gasteiger partial charge in [-0.15, -0.1) is 0 Å². The predicted octanol–water partition coefficient (Wildman–Crippen LogP) is 4.32. The van der Waals surface area contributed by atoms with Crippen molar-refractivity contribution < 1.29 is 13.2 Å². The first-order chi connectivity index (χ1) is 12.0. The van der Waals surface area contributed by atoms with E-state index in [0.29, 0.717) is 17.0 Å². The molecule has 0 amide bonds. The van der Waals surface area contributed by atoms with Gasteiger partial charge < -0.3 is 9.88 Å². The molecule has 0 saturated carbocycles. The Morgan fingerprint density at radius 2 is 1.96 bits per heavy atom. The van der Waals surface area contributed by atoms with E-state index in [1.54, 1.807) is 6.07 Å². The molecule has 3 aromatic rings. The fraction of sp³-hybridized carbons (Fsp3) is 0.353. The number of imidazole rings is 1. The van der Waals surface area contributed by atoms with Gasteiger partial charge >= 0.3 is 6.18 Å². The first-order valence-corrected chi connectivity index (χ1v) is 8.17. The second-order valence-electron chi connectivity index (χ2n) is 6.09. The molecule has 3 heterocycles. The molecule has 0 radical (unpaired) electrons. The minimum atomic E-state index is -4.38. The standard InChI is InChI=1S/C17H16F3N5/c18-17(19,20)11-5-4-6-12(9-11)23-15-14-16(22-10-21-15)25-8-3-1-2-7-13(25)24-14/h4-6,9-10H,1-3,7-8H2,(H,21,22,23). The lowest BCUT2D eigenvalue weighted by Crippen LogP contribution is -2.05. The van der Waals surface area contributed by atoms with Crippen LogP contribution < -0.4 is 5.32 Å². The van der Waals surface area contributed by atoms with Crippen LogP contribution in [0.5, 0.6) is 0 Å². The highest BCUT2D eigenvalue weighted by molar-refractivity contribution is 5.85. The Kier molecular flexibility index (Phi) is 3.82.